The fourth-order valence-electron chi connectivity index (χ4n) is 4.80. The average Bonchev–Trinajstić information content (AvgIpc) is 3.46. The topological polar surface area (TPSA) is 43.9 Å². The van der Waals surface area contributed by atoms with Crippen LogP contribution in [0.1, 0.15) is 29.5 Å². The first-order valence-electron chi connectivity index (χ1n) is 12.2. The van der Waals surface area contributed by atoms with Gasteiger partial charge in [0.25, 0.3) is 5.91 Å². The maximum atomic E-state index is 13.0. The molecule has 34 heavy (non-hydrogen) atoms. The molecule has 2 heterocycles. The normalized spacial score (nSPS) is 16.6. The molecule has 2 fully saturated rings. The molecule has 5 heteroatoms. The van der Waals surface area contributed by atoms with Crippen molar-refractivity contribution < 1.29 is 9.59 Å². The Morgan fingerprint density at radius 2 is 1.32 bits per heavy atom. The van der Waals surface area contributed by atoms with Gasteiger partial charge in [-0.2, -0.15) is 0 Å². The Morgan fingerprint density at radius 3 is 1.97 bits per heavy atom. The molecule has 174 valence electrons. The Balaban J connectivity index is 1.19. The van der Waals surface area contributed by atoms with Crippen molar-refractivity contribution in [1.82, 2.24) is 9.80 Å². The van der Waals surface area contributed by atoms with Crippen LogP contribution in [0.4, 0.5) is 10.5 Å². The quantitative estimate of drug-likeness (QED) is 0.458. The van der Waals surface area contributed by atoms with Crippen molar-refractivity contribution >= 4 is 17.6 Å². The van der Waals surface area contributed by atoms with Crippen molar-refractivity contribution in [2.24, 2.45) is 0 Å². The van der Waals surface area contributed by atoms with Gasteiger partial charge in [0.15, 0.2) is 0 Å². The number of benzene rings is 3. The molecule has 3 amide bonds. The van der Waals surface area contributed by atoms with Crippen molar-refractivity contribution in [3.63, 3.8) is 0 Å². The maximum absolute atomic E-state index is 13.0. The molecule has 0 N–H and O–H groups in total. The van der Waals surface area contributed by atoms with E-state index < -0.39 is 0 Å². The van der Waals surface area contributed by atoms with Gasteiger partial charge in [-0.25, -0.2) is 9.69 Å². The summed E-state index contributed by atoms with van der Waals surface area (Å²) in [5.74, 6) is -0.172. The first kappa shape index (κ1) is 22.4. The molecule has 2 saturated heterocycles. The van der Waals surface area contributed by atoms with E-state index in [4.69, 9.17) is 0 Å². The summed E-state index contributed by atoms with van der Waals surface area (Å²) in [5.41, 5.74) is 6.54. The zero-order chi connectivity index (χ0) is 23.5. The molecular formula is C29H31N3O2. The van der Waals surface area contributed by atoms with Gasteiger partial charge in [-0.05, 0) is 73.7 Å². The van der Waals surface area contributed by atoms with E-state index in [1.165, 1.54) is 47.5 Å². The zero-order valence-corrected chi connectivity index (χ0v) is 19.7. The minimum Gasteiger partial charge on any atom is -0.314 e. The van der Waals surface area contributed by atoms with Crippen molar-refractivity contribution in [3.05, 3.63) is 89.5 Å². The number of hydrogen-bond donors (Lipinski definition) is 0. The number of rotatable bonds is 7. The molecular weight excluding hydrogens is 422 g/mol. The van der Waals surface area contributed by atoms with Crippen LogP contribution in [0.5, 0.6) is 0 Å². The van der Waals surface area contributed by atoms with E-state index in [1.807, 2.05) is 24.3 Å². The molecule has 0 spiro atoms. The fraction of sp³-hybridized carbons (Fsp3) is 0.310. The number of amides is 3. The predicted octanol–water partition coefficient (Wildman–Crippen LogP) is 5.27. The number of carbonyl (C=O) groups is 2. The molecule has 0 bridgehead atoms. The van der Waals surface area contributed by atoms with Gasteiger partial charge in [0.2, 0.25) is 0 Å². The molecule has 3 aromatic carbocycles. The molecule has 0 saturated carbocycles. The van der Waals surface area contributed by atoms with Crippen molar-refractivity contribution in [3.8, 4) is 11.1 Å². The number of aryl methyl sites for hydroxylation is 1. The first-order chi connectivity index (χ1) is 16.6. The standard InChI is InChI=1S/C29H31N3O2/c1-22-4-10-25(11-5-22)26-12-14-27(15-13-26)32-28(33)21-31(29(32)34)19-16-23-6-8-24(9-7-23)20-30-17-2-3-18-30/h4-15H,2-3,16-21H2,1H3. The van der Waals surface area contributed by atoms with Crippen LogP contribution in [-0.4, -0.2) is 47.9 Å². The van der Waals surface area contributed by atoms with Crippen LogP contribution < -0.4 is 4.90 Å². The Hall–Kier alpha value is -3.44. The second kappa shape index (κ2) is 9.82. The van der Waals surface area contributed by atoms with E-state index in [9.17, 15) is 9.59 Å². The lowest BCUT2D eigenvalue weighted by Crippen LogP contribution is -2.34. The van der Waals surface area contributed by atoms with Gasteiger partial charge >= 0.3 is 6.03 Å². The summed E-state index contributed by atoms with van der Waals surface area (Å²) in [5, 5.41) is 0. The van der Waals surface area contributed by atoms with Crippen LogP contribution in [0.3, 0.4) is 0 Å². The lowest BCUT2D eigenvalue weighted by atomic mass is 10.0. The Kier molecular flexibility index (Phi) is 6.45. The summed E-state index contributed by atoms with van der Waals surface area (Å²) >= 11 is 0. The second-order valence-electron chi connectivity index (χ2n) is 9.40. The van der Waals surface area contributed by atoms with Gasteiger partial charge in [0, 0.05) is 13.1 Å². The summed E-state index contributed by atoms with van der Waals surface area (Å²) in [4.78, 5) is 31.1. The van der Waals surface area contributed by atoms with E-state index in [2.05, 4.69) is 60.4 Å². The average molecular weight is 454 g/mol. The fourth-order valence-corrected chi connectivity index (χ4v) is 4.80. The van der Waals surface area contributed by atoms with Gasteiger partial charge in [-0.1, -0.05) is 66.2 Å². The third-order valence-electron chi connectivity index (χ3n) is 6.85. The molecule has 2 aliphatic heterocycles. The van der Waals surface area contributed by atoms with Crippen LogP contribution in [-0.2, 0) is 17.8 Å². The van der Waals surface area contributed by atoms with Gasteiger partial charge in [0.1, 0.15) is 6.54 Å². The monoisotopic (exact) mass is 453 g/mol. The van der Waals surface area contributed by atoms with E-state index in [1.54, 1.807) is 4.90 Å². The number of urea groups is 1. The number of anilines is 1. The van der Waals surface area contributed by atoms with E-state index in [-0.39, 0.29) is 18.5 Å². The minimum atomic E-state index is -0.237. The number of likely N-dealkylation sites (tertiary alicyclic amines) is 1. The van der Waals surface area contributed by atoms with Crippen LogP contribution in [0.25, 0.3) is 11.1 Å². The number of imide groups is 1. The maximum Gasteiger partial charge on any atom is 0.331 e. The molecule has 2 aliphatic rings. The molecule has 5 nitrogen and oxygen atoms in total. The molecule has 3 aromatic rings. The highest BCUT2D eigenvalue weighted by Crippen LogP contribution is 2.26. The smallest absolute Gasteiger partial charge is 0.314 e. The first-order valence-corrected chi connectivity index (χ1v) is 12.2. The molecule has 0 aromatic heterocycles. The SMILES string of the molecule is Cc1ccc(-c2ccc(N3C(=O)CN(CCc4ccc(CN5CCCC5)cc4)C3=O)cc2)cc1. The van der Waals surface area contributed by atoms with Crippen LogP contribution >= 0.6 is 0 Å². The van der Waals surface area contributed by atoms with E-state index >= 15 is 0 Å². The van der Waals surface area contributed by atoms with Crippen molar-refractivity contribution in [2.75, 3.05) is 31.1 Å². The predicted molar refractivity (Wildman–Crippen MR) is 136 cm³/mol. The number of carbonyl (C=O) groups excluding carboxylic acids is 2. The molecule has 0 radical (unpaired) electrons. The second-order valence-corrected chi connectivity index (χ2v) is 9.40. The Morgan fingerprint density at radius 1 is 0.735 bits per heavy atom. The third kappa shape index (κ3) is 4.90. The third-order valence-corrected chi connectivity index (χ3v) is 6.85. The van der Waals surface area contributed by atoms with E-state index in [0.29, 0.717) is 12.2 Å². The Bertz CT molecular complexity index is 1150. The van der Waals surface area contributed by atoms with Crippen molar-refractivity contribution in [2.45, 2.75) is 32.7 Å². The molecule has 5 rings (SSSR count). The highest BCUT2D eigenvalue weighted by molar-refractivity contribution is 6.19. The molecule has 0 atom stereocenters. The molecule has 0 unspecified atom stereocenters. The van der Waals surface area contributed by atoms with Gasteiger partial charge < -0.3 is 4.90 Å². The molecule has 0 aliphatic carbocycles. The number of hydrogen-bond acceptors (Lipinski definition) is 3. The number of nitrogens with zero attached hydrogens (tertiary/aromatic N) is 3. The summed E-state index contributed by atoms with van der Waals surface area (Å²) in [6, 6.07) is 24.4. The van der Waals surface area contributed by atoms with Crippen LogP contribution in [0.2, 0.25) is 0 Å². The van der Waals surface area contributed by atoms with Crippen LogP contribution in [0, 0.1) is 6.92 Å². The summed E-state index contributed by atoms with van der Waals surface area (Å²) in [6.45, 7) is 6.13. The summed E-state index contributed by atoms with van der Waals surface area (Å²) in [6.07, 6.45) is 3.34. The Labute approximate surface area is 201 Å². The van der Waals surface area contributed by atoms with Gasteiger partial charge in [0.05, 0.1) is 5.69 Å². The van der Waals surface area contributed by atoms with Crippen LogP contribution in [0.15, 0.2) is 72.8 Å². The highest BCUT2D eigenvalue weighted by Gasteiger charge is 2.36. The lowest BCUT2D eigenvalue weighted by molar-refractivity contribution is -0.116. The lowest BCUT2D eigenvalue weighted by Gasteiger charge is -2.18. The van der Waals surface area contributed by atoms with Crippen molar-refractivity contribution in [1.29, 1.82) is 0 Å². The summed E-state index contributed by atoms with van der Waals surface area (Å²) < 4.78 is 0. The van der Waals surface area contributed by atoms with Gasteiger partial charge in [-0.3, -0.25) is 9.69 Å². The summed E-state index contributed by atoms with van der Waals surface area (Å²) in [7, 11) is 0. The zero-order valence-electron chi connectivity index (χ0n) is 19.7. The largest absolute Gasteiger partial charge is 0.331 e. The highest BCUT2D eigenvalue weighted by atomic mass is 16.2. The minimum absolute atomic E-state index is 0.131. The van der Waals surface area contributed by atoms with Gasteiger partial charge in [-0.15, -0.1) is 0 Å². The van der Waals surface area contributed by atoms with E-state index in [0.717, 1.165) is 24.1 Å².